The molecule has 0 amide bonds. The molecule has 3 nitrogen and oxygen atoms in total. The quantitative estimate of drug-likeness (QED) is 0.911. The highest BCUT2D eigenvalue weighted by atomic mass is 15.1. The Hall–Kier alpha value is -1.61. The third-order valence-electron chi connectivity index (χ3n) is 4.34. The molecular weight excluding hydrogens is 258 g/mol. The summed E-state index contributed by atoms with van der Waals surface area (Å²) in [5.74, 6) is 0.761. The Morgan fingerprint density at radius 1 is 1.29 bits per heavy atom. The lowest BCUT2D eigenvalue weighted by molar-refractivity contribution is 0.377. The van der Waals surface area contributed by atoms with E-state index in [1.165, 1.54) is 36.9 Å². The monoisotopic (exact) mass is 283 g/mol. The van der Waals surface area contributed by atoms with E-state index < -0.39 is 0 Å². The molecule has 1 aliphatic heterocycles. The number of piperidine rings is 1. The molecule has 0 radical (unpaired) electrons. The first-order chi connectivity index (χ1) is 10.4. The number of para-hydroxylation sites is 1. The van der Waals surface area contributed by atoms with Gasteiger partial charge in [-0.05, 0) is 50.4 Å². The number of nitrogens with one attached hydrogen (secondary N) is 1. The summed E-state index contributed by atoms with van der Waals surface area (Å²) in [6, 6.07) is 10.6. The molecule has 1 aromatic carbocycles. The first-order valence-electron chi connectivity index (χ1n) is 8.18. The molecule has 21 heavy (non-hydrogen) atoms. The van der Waals surface area contributed by atoms with Crippen molar-refractivity contribution >= 4 is 16.6 Å². The van der Waals surface area contributed by atoms with Crippen molar-refractivity contribution in [1.29, 1.82) is 0 Å². The SMILES string of the molecule is CCCN(CC1CCCNC1)c1ccnc2ccccc12. The van der Waals surface area contributed by atoms with E-state index >= 15 is 0 Å². The Balaban J connectivity index is 1.87. The fourth-order valence-electron chi connectivity index (χ4n) is 3.33. The van der Waals surface area contributed by atoms with Crippen LogP contribution in [0.15, 0.2) is 36.5 Å². The van der Waals surface area contributed by atoms with E-state index in [1.54, 1.807) is 0 Å². The average molecular weight is 283 g/mol. The molecule has 2 heterocycles. The lowest BCUT2D eigenvalue weighted by Crippen LogP contribution is -2.38. The van der Waals surface area contributed by atoms with E-state index in [1.807, 2.05) is 6.20 Å². The van der Waals surface area contributed by atoms with Gasteiger partial charge in [-0.25, -0.2) is 0 Å². The highest BCUT2D eigenvalue weighted by molar-refractivity contribution is 5.91. The van der Waals surface area contributed by atoms with Gasteiger partial charge in [0, 0.05) is 30.4 Å². The zero-order valence-electron chi connectivity index (χ0n) is 12.9. The summed E-state index contributed by atoms with van der Waals surface area (Å²) in [4.78, 5) is 7.05. The van der Waals surface area contributed by atoms with Gasteiger partial charge >= 0.3 is 0 Å². The normalized spacial score (nSPS) is 18.8. The van der Waals surface area contributed by atoms with Gasteiger partial charge in [0.05, 0.1) is 5.52 Å². The molecule has 0 aliphatic carbocycles. The van der Waals surface area contributed by atoms with Crippen LogP contribution in [0.25, 0.3) is 10.9 Å². The molecule has 1 unspecified atom stereocenters. The molecule has 1 saturated heterocycles. The van der Waals surface area contributed by atoms with Gasteiger partial charge in [-0.15, -0.1) is 0 Å². The molecular formula is C18H25N3. The zero-order chi connectivity index (χ0) is 14.5. The maximum atomic E-state index is 4.49. The van der Waals surface area contributed by atoms with E-state index in [2.05, 4.69) is 52.5 Å². The first kappa shape index (κ1) is 14.3. The summed E-state index contributed by atoms with van der Waals surface area (Å²) in [5, 5.41) is 4.81. The number of hydrogen-bond donors (Lipinski definition) is 1. The Morgan fingerprint density at radius 3 is 3.00 bits per heavy atom. The van der Waals surface area contributed by atoms with Crippen LogP contribution >= 0.6 is 0 Å². The topological polar surface area (TPSA) is 28.2 Å². The second-order valence-corrected chi connectivity index (χ2v) is 6.01. The third-order valence-corrected chi connectivity index (χ3v) is 4.34. The van der Waals surface area contributed by atoms with Crippen molar-refractivity contribution in [3.8, 4) is 0 Å². The number of fused-ring (bicyclic) bond motifs is 1. The smallest absolute Gasteiger partial charge is 0.0722 e. The van der Waals surface area contributed by atoms with E-state index in [0.717, 1.165) is 31.1 Å². The van der Waals surface area contributed by atoms with Gasteiger partial charge in [0.15, 0.2) is 0 Å². The van der Waals surface area contributed by atoms with Crippen molar-refractivity contribution in [2.24, 2.45) is 5.92 Å². The van der Waals surface area contributed by atoms with Crippen LogP contribution in [-0.2, 0) is 0 Å². The first-order valence-corrected chi connectivity index (χ1v) is 8.18. The molecule has 1 fully saturated rings. The van der Waals surface area contributed by atoms with Crippen molar-refractivity contribution in [1.82, 2.24) is 10.3 Å². The third kappa shape index (κ3) is 3.35. The number of aromatic nitrogens is 1. The fraction of sp³-hybridized carbons (Fsp3) is 0.500. The average Bonchev–Trinajstić information content (AvgIpc) is 2.55. The second kappa shape index (κ2) is 6.90. The van der Waals surface area contributed by atoms with Crippen LogP contribution in [0.5, 0.6) is 0 Å². The van der Waals surface area contributed by atoms with Crippen LogP contribution in [0.2, 0.25) is 0 Å². The van der Waals surface area contributed by atoms with E-state index in [9.17, 15) is 0 Å². The minimum Gasteiger partial charge on any atom is -0.371 e. The van der Waals surface area contributed by atoms with Crippen LogP contribution in [0, 0.1) is 5.92 Å². The van der Waals surface area contributed by atoms with Gasteiger partial charge in [0.25, 0.3) is 0 Å². The number of rotatable bonds is 5. The lowest BCUT2D eigenvalue weighted by Gasteiger charge is -2.32. The molecule has 112 valence electrons. The maximum absolute atomic E-state index is 4.49. The van der Waals surface area contributed by atoms with Gasteiger partial charge < -0.3 is 10.2 Å². The van der Waals surface area contributed by atoms with Crippen molar-refractivity contribution in [2.75, 3.05) is 31.1 Å². The number of anilines is 1. The molecule has 2 aromatic rings. The van der Waals surface area contributed by atoms with Crippen molar-refractivity contribution in [3.63, 3.8) is 0 Å². The van der Waals surface area contributed by atoms with Crippen LogP contribution < -0.4 is 10.2 Å². The number of pyridine rings is 1. The molecule has 1 atom stereocenters. The number of benzene rings is 1. The zero-order valence-corrected chi connectivity index (χ0v) is 12.9. The minimum absolute atomic E-state index is 0.761. The predicted molar refractivity (Wildman–Crippen MR) is 89.8 cm³/mol. The summed E-state index contributed by atoms with van der Waals surface area (Å²) < 4.78 is 0. The van der Waals surface area contributed by atoms with Gasteiger partial charge in [-0.1, -0.05) is 25.1 Å². The van der Waals surface area contributed by atoms with Crippen molar-refractivity contribution in [2.45, 2.75) is 26.2 Å². The molecule has 3 rings (SSSR count). The van der Waals surface area contributed by atoms with Crippen molar-refractivity contribution in [3.05, 3.63) is 36.5 Å². The van der Waals surface area contributed by atoms with Crippen LogP contribution in [0.1, 0.15) is 26.2 Å². The molecule has 1 aromatic heterocycles. The Labute approximate surface area is 127 Å². The maximum Gasteiger partial charge on any atom is 0.0722 e. The largest absolute Gasteiger partial charge is 0.371 e. The molecule has 1 aliphatic rings. The van der Waals surface area contributed by atoms with E-state index in [0.29, 0.717) is 0 Å². The Morgan fingerprint density at radius 2 is 2.19 bits per heavy atom. The van der Waals surface area contributed by atoms with Gasteiger partial charge in [0.1, 0.15) is 0 Å². The molecule has 3 heteroatoms. The summed E-state index contributed by atoms with van der Waals surface area (Å²) in [6.07, 6.45) is 5.77. The highest BCUT2D eigenvalue weighted by Gasteiger charge is 2.18. The molecule has 0 spiro atoms. The highest BCUT2D eigenvalue weighted by Crippen LogP contribution is 2.27. The van der Waals surface area contributed by atoms with Gasteiger partial charge in [-0.2, -0.15) is 0 Å². The lowest BCUT2D eigenvalue weighted by atomic mass is 9.98. The number of nitrogens with zero attached hydrogens (tertiary/aromatic N) is 2. The minimum atomic E-state index is 0.761. The molecule has 0 saturated carbocycles. The van der Waals surface area contributed by atoms with E-state index in [4.69, 9.17) is 0 Å². The van der Waals surface area contributed by atoms with E-state index in [-0.39, 0.29) is 0 Å². The summed E-state index contributed by atoms with van der Waals surface area (Å²) in [6.45, 7) is 6.86. The predicted octanol–water partition coefficient (Wildman–Crippen LogP) is 3.45. The second-order valence-electron chi connectivity index (χ2n) is 6.01. The molecule has 1 N–H and O–H groups in total. The summed E-state index contributed by atoms with van der Waals surface area (Å²) >= 11 is 0. The Kier molecular flexibility index (Phi) is 4.71. The van der Waals surface area contributed by atoms with Gasteiger partial charge in [0.2, 0.25) is 0 Å². The van der Waals surface area contributed by atoms with Crippen LogP contribution in [0.3, 0.4) is 0 Å². The van der Waals surface area contributed by atoms with Gasteiger partial charge in [-0.3, -0.25) is 4.98 Å². The standard InChI is InChI=1S/C18H25N3/c1-2-12-21(14-15-6-5-10-19-13-15)18-9-11-20-17-8-4-3-7-16(17)18/h3-4,7-9,11,15,19H,2,5-6,10,12-14H2,1H3. The fourth-order valence-corrected chi connectivity index (χ4v) is 3.33. The van der Waals surface area contributed by atoms with Crippen LogP contribution in [-0.4, -0.2) is 31.2 Å². The number of hydrogen-bond acceptors (Lipinski definition) is 3. The summed E-state index contributed by atoms with van der Waals surface area (Å²) in [7, 11) is 0. The van der Waals surface area contributed by atoms with Crippen LogP contribution in [0.4, 0.5) is 5.69 Å². The molecule has 0 bridgehead atoms. The summed E-state index contributed by atoms with van der Waals surface area (Å²) in [5.41, 5.74) is 2.44. The van der Waals surface area contributed by atoms with Crippen molar-refractivity contribution < 1.29 is 0 Å². The Bertz CT molecular complexity index is 570.